The van der Waals surface area contributed by atoms with Crippen molar-refractivity contribution in [3.05, 3.63) is 22.9 Å². The van der Waals surface area contributed by atoms with Crippen LogP contribution in [0.2, 0.25) is 0 Å². The molecule has 0 radical (unpaired) electrons. The van der Waals surface area contributed by atoms with Crippen LogP contribution in [0.5, 0.6) is 0 Å². The molecule has 0 aromatic carbocycles. The Labute approximate surface area is 162 Å². The SMILES string of the molecule is CCOC(=O)c1cc(C#N)c(SCC(=O)N2CCCC[C@H]2C(N)=O)nc1C. The Hall–Kier alpha value is -2.60. The predicted octanol–water partition coefficient (Wildman–Crippen LogP) is 1.40. The standard InChI is InChI=1S/C18H22N4O4S/c1-3-26-18(25)13-8-12(9-19)17(21-11(13)2)27-10-15(23)22-7-5-4-6-14(22)16(20)24/h8,14H,3-7,10H2,1-2H3,(H2,20,24)/t14-/m0/s1. The number of aromatic nitrogens is 1. The van der Waals surface area contributed by atoms with Crippen LogP contribution in [0.15, 0.2) is 11.1 Å². The van der Waals surface area contributed by atoms with Crippen molar-refractivity contribution >= 4 is 29.5 Å². The fraction of sp³-hybridized carbons (Fsp3) is 0.500. The number of nitriles is 1. The van der Waals surface area contributed by atoms with Crippen LogP contribution in [-0.4, -0.2) is 52.6 Å². The molecule has 2 N–H and O–H groups in total. The number of pyridine rings is 1. The Balaban J connectivity index is 2.14. The number of esters is 1. The number of piperidine rings is 1. The van der Waals surface area contributed by atoms with Gasteiger partial charge in [-0.15, -0.1) is 0 Å². The monoisotopic (exact) mass is 390 g/mol. The van der Waals surface area contributed by atoms with E-state index in [1.165, 1.54) is 11.0 Å². The van der Waals surface area contributed by atoms with Crippen molar-refractivity contribution in [3.63, 3.8) is 0 Å². The Morgan fingerprint density at radius 3 is 2.81 bits per heavy atom. The molecule has 1 fully saturated rings. The highest BCUT2D eigenvalue weighted by Gasteiger charge is 2.30. The summed E-state index contributed by atoms with van der Waals surface area (Å²) in [4.78, 5) is 41.8. The van der Waals surface area contributed by atoms with Gasteiger partial charge in [-0.2, -0.15) is 5.26 Å². The van der Waals surface area contributed by atoms with Crippen molar-refractivity contribution in [3.8, 4) is 6.07 Å². The van der Waals surface area contributed by atoms with Crippen LogP contribution in [0.3, 0.4) is 0 Å². The van der Waals surface area contributed by atoms with Crippen molar-refractivity contribution in [2.75, 3.05) is 18.9 Å². The van der Waals surface area contributed by atoms with Gasteiger partial charge in [0, 0.05) is 6.54 Å². The minimum Gasteiger partial charge on any atom is -0.462 e. The molecule has 2 rings (SSSR count). The topological polar surface area (TPSA) is 126 Å². The minimum atomic E-state index is -0.580. The molecule has 2 amide bonds. The van der Waals surface area contributed by atoms with Crippen LogP contribution < -0.4 is 5.73 Å². The average Bonchev–Trinajstić information content (AvgIpc) is 2.66. The number of thioether (sulfide) groups is 1. The first-order chi connectivity index (χ1) is 12.9. The molecule has 0 aliphatic carbocycles. The normalized spacial score (nSPS) is 16.5. The number of amides is 2. The van der Waals surface area contributed by atoms with Crippen molar-refractivity contribution in [2.45, 2.75) is 44.2 Å². The summed E-state index contributed by atoms with van der Waals surface area (Å²) in [5.41, 5.74) is 6.26. The quantitative estimate of drug-likeness (QED) is 0.574. The van der Waals surface area contributed by atoms with E-state index in [-0.39, 0.29) is 29.4 Å². The number of carbonyl (C=O) groups excluding carboxylic acids is 3. The number of likely N-dealkylation sites (tertiary alicyclic amines) is 1. The Bertz CT molecular complexity index is 790. The molecule has 1 aliphatic heterocycles. The van der Waals surface area contributed by atoms with Crippen molar-refractivity contribution < 1.29 is 19.1 Å². The number of nitrogens with two attached hydrogens (primary N) is 1. The third kappa shape index (κ3) is 4.98. The summed E-state index contributed by atoms with van der Waals surface area (Å²) in [7, 11) is 0. The largest absolute Gasteiger partial charge is 0.462 e. The molecule has 2 heterocycles. The maximum Gasteiger partial charge on any atom is 0.340 e. The fourth-order valence-corrected chi connectivity index (χ4v) is 3.82. The van der Waals surface area contributed by atoms with Gasteiger partial charge in [-0.3, -0.25) is 9.59 Å². The maximum atomic E-state index is 12.5. The number of primary amides is 1. The van der Waals surface area contributed by atoms with Crippen LogP contribution in [0.1, 0.15) is 47.8 Å². The van der Waals surface area contributed by atoms with Crippen LogP contribution in [0.25, 0.3) is 0 Å². The van der Waals surface area contributed by atoms with Crippen molar-refractivity contribution in [1.29, 1.82) is 5.26 Å². The molecule has 1 saturated heterocycles. The maximum absolute atomic E-state index is 12.5. The summed E-state index contributed by atoms with van der Waals surface area (Å²) in [6.07, 6.45) is 2.26. The van der Waals surface area contributed by atoms with Crippen LogP contribution in [0.4, 0.5) is 0 Å². The van der Waals surface area contributed by atoms with E-state index >= 15 is 0 Å². The number of hydrogen-bond donors (Lipinski definition) is 1. The third-order valence-electron chi connectivity index (χ3n) is 4.28. The van der Waals surface area contributed by atoms with Crippen LogP contribution >= 0.6 is 11.8 Å². The van der Waals surface area contributed by atoms with Gasteiger partial charge in [0.2, 0.25) is 11.8 Å². The Morgan fingerprint density at radius 2 is 2.19 bits per heavy atom. The van der Waals surface area contributed by atoms with E-state index in [1.54, 1.807) is 13.8 Å². The van der Waals surface area contributed by atoms with Crippen LogP contribution in [-0.2, 0) is 14.3 Å². The van der Waals surface area contributed by atoms with Gasteiger partial charge in [-0.1, -0.05) is 11.8 Å². The van der Waals surface area contributed by atoms with E-state index in [1.807, 2.05) is 6.07 Å². The van der Waals surface area contributed by atoms with Gasteiger partial charge < -0.3 is 15.4 Å². The average molecular weight is 390 g/mol. The molecule has 0 spiro atoms. The lowest BCUT2D eigenvalue weighted by Gasteiger charge is -2.33. The minimum absolute atomic E-state index is 0.0314. The summed E-state index contributed by atoms with van der Waals surface area (Å²) in [5, 5.41) is 9.73. The van der Waals surface area contributed by atoms with E-state index in [2.05, 4.69) is 4.98 Å². The molecule has 1 atom stereocenters. The lowest BCUT2D eigenvalue weighted by atomic mass is 10.0. The highest BCUT2D eigenvalue weighted by molar-refractivity contribution is 8.00. The van der Waals surface area contributed by atoms with Crippen molar-refractivity contribution in [1.82, 2.24) is 9.88 Å². The summed E-state index contributed by atoms with van der Waals surface area (Å²) in [6.45, 7) is 4.06. The zero-order valence-corrected chi connectivity index (χ0v) is 16.2. The first kappa shape index (κ1) is 20.7. The molecule has 0 bridgehead atoms. The Morgan fingerprint density at radius 1 is 1.44 bits per heavy atom. The number of aryl methyl sites for hydroxylation is 1. The van der Waals surface area contributed by atoms with Gasteiger partial charge in [-0.05, 0) is 39.2 Å². The molecule has 144 valence electrons. The second-order valence-electron chi connectivity index (χ2n) is 6.10. The molecule has 0 unspecified atom stereocenters. The molecular formula is C18H22N4O4S. The van der Waals surface area contributed by atoms with Gasteiger partial charge in [0.1, 0.15) is 17.1 Å². The molecular weight excluding hydrogens is 368 g/mol. The second kappa shape index (κ2) is 9.37. The predicted molar refractivity (Wildman–Crippen MR) is 98.9 cm³/mol. The zero-order chi connectivity index (χ0) is 20.0. The molecule has 8 nitrogen and oxygen atoms in total. The third-order valence-corrected chi connectivity index (χ3v) is 5.25. The molecule has 27 heavy (non-hydrogen) atoms. The second-order valence-corrected chi connectivity index (χ2v) is 7.06. The number of hydrogen-bond acceptors (Lipinski definition) is 7. The number of carbonyl (C=O) groups is 3. The van der Waals surface area contributed by atoms with E-state index in [9.17, 15) is 19.6 Å². The van der Waals surface area contributed by atoms with Gasteiger partial charge in [-0.25, -0.2) is 9.78 Å². The first-order valence-electron chi connectivity index (χ1n) is 8.69. The zero-order valence-electron chi connectivity index (χ0n) is 15.4. The first-order valence-corrected chi connectivity index (χ1v) is 9.68. The summed E-state index contributed by atoms with van der Waals surface area (Å²) in [6, 6.07) is 2.85. The number of ether oxygens (including phenoxy) is 1. The van der Waals surface area contributed by atoms with E-state index in [4.69, 9.17) is 10.5 Å². The van der Waals surface area contributed by atoms with E-state index in [0.717, 1.165) is 24.6 Å². The molecule has 9 heteroatoms. The summed E-state index contributed by atoms with van der Waals surface area (Å²) >= 11 is 1.11. The van der Waals surface area contributed by atoms with Gasteiger partial charge in [0.25, 0.3) is 0 Å². The Kier molecular flexibility index (Phi) is 7.19. The lowest BCUT2D eigenvalue weighted by molar-refractivity contribution is -0.138. The van der Waals surface area contributed by atoms with E-state index < -0.39 is 17.9 Å². The molecule has 1 aromatic heterocycles. The van der Waals surface area contributed by atoms with E-state index in [0.29, 0.717) is 23.7 Å². The number of rotatable bonds is 6. The fourth-order valence-electron chi connectivity index (χ4n) is 2.93. The summed E-state index contributed by atoms with van der Waals surface area (Å²) < 4.78 is 4.96. The van der Waals surface area contributed by atoms with Crippen LogP contribution in [0, 0.1) is 18.3 Å². The molecule has 1 aromatic rings. The van der Waals surface area contributed by atoms with Crippen molar-refractivity contribution in [2.24, 2.45) is 5.73 Å². The highest BCUT2D eigenvalue weighted by Crippen LogP contribution is 2.25. The van der Waals surface area contributed by atoms with Gasteiger partial charge >= 0.3 is 5.97 Å². The van der Waals surface area contributed by atoms with Gasteiger partial charge in [0.15, 0.2) is 0 Å². The number of nitrogens with zero attached hydrogens (tertiary/aromatic N) is 3. The molecule has 0 saturated carbocycles. The summed E-state index contributed by atoms with van der Waals surface area (Å²) in [5.74, 6) is -1.23. The molecule has 1 aliphatic rings. The smallest absolute Gasteiger partial charge is 0.340 e. The lowest BCUT2D eigenvalue weighted by Crippen LogP contribution is -2.51. The van der Waals surface area contributed by atoms with Gasteiger partial charge in [0.05, 0.1) is 29.2 Å². The highest BCUT2D eigenvalue weighted by atomic mass is 32.2.